The number of methoxy groups -OCH3 is 1. The lowest BCUT2D eigenvalue weighted by atomic mass is 10.0. The topological polar surface area (TPSA) is 89.3 Å². The molecule has 1 aromatic carbocycles. The van der Waals surface area contributed by atoms with Gasteiger partial charge in [0.15, 0.2) is 11.6 Å². The lowest BCUT2D eigenvalue weighted by molar-refractivity contribution is -0.137. The summed E-state index contributed by atoms with van der Waals surface area (Å²) in [5.74, 6) is -0.383. The first-order chi connectivity index (χ1) is 15.5. The van der Waals surface area contributed by atoms with E-state index in [4.69, 9.17) is 9.72 Å². The molecule has 3 heterocycles. The molecule has 4 rings (SSSR count). The van der Waals surface area contributed by atoms with Crippen LogP contribution in [0.5, 0.6) is 5.75 Å². The molecule has 0 radical (unpaired) electrons. The van der Waals surface area contributed by atoms with Crippen LogP contribution in [0.15, 0.2) is 42.6 Å². The van der Waals surface area contributed by atoms with E-state index in [0.29, 0.717) is 5.56 Å². The Bertz CT molecular complexity index is 1100. The Hall–Kier alpha value is -3.42. The molecule has 1 atom stereocenters. The third-order valence-corrected chi connectivity index (χ3v) is 5.73. The van der Waals surface area contributed by atoms with Crippen molar-refractivity contribution in [1.82, 2.24) is 14.8 Å². The van der Waals surface area contributed by atoms with Crippen LogP contribution in [-0.4, -0.2) is 39.5 Å². The summed E-state index contributed by atoms with van der Waals surface area (Å²) in [5.41, 5.74) is 3.73. The first kappa shape index (κ1) is 21.8. The number of fused-ring (bicyclic) bond motifs is 1. The predicted octanol–water partition coefficient (Wildman–Crippen LogP) is 4.02. The van der Waals surface area contributed by atoms with Crippen LogP contribution in [0, 0.1) is 5.82 Å². The molecule has 0 bridgehead atoms. The van der Waals surface area contributed by atoms with Crippen molar-refractivity contribution >= 4 is 11.8 Å². The van der Waals surface area contributed by atoms with E-state index in [1.807, 2.05) is 6.07 Å². The van der Waals surface area contributed by atoms with E-state index in [0.717, 1.165) is 55.9 Å². The first-order valence-electron chi connectivity index (χ1n) is 10.9. The van der Waals surface area contributed by atoms with Gasteiger partial charge in [0, 0.05) is 18.4 Å². The van der Waals surface area contributed by atoms with Gasteiger partial charge in [0.2, 0.25) is 0 Å². The molecule has 1 aliphatic rings. The van der Waals surface area contributed by atoms with Crippen LogP contribution >= 0.6 is 0 Å². The van der Waals surface area contributed by atoms with Gasteiger partial charge in [-0.15, -0.1) is 0 Å². The SMILES string of the molecule is COc1ccc(C(CC(=O)O)n2ccc(CCCc3ccc4c(n3)NCCC4)n2)cc1F. The molecule has 2 N–H and O–H groups in total. The summed E-state index contributed by atoms with van der Waals surface area (Å²) in [5, 5.41) is 17.3. The first-order valence-corrected chi connectivity index (χ1v) is 10.9. The number of rotatable bonds is 9. The van der Waals surface area contributed by atoms with E-state index < -0.39 is 17.8 Å². The number of carboxylic acids is 1. The molecule has 8 heteroatoms. The molecule has 0 saturated heterocycles. The standard InChI is InChI=1S/C24H27FN4O3/c1-32-22-10-8-17(14-20(22)25)21(15-23(30)31)29-13-11-19(28-29)6-2-5-18-9-7-16-4-3-12-26-24(16)27-18/h7-11,13-14,21H,2-6,12,15H2,1H3,(H,26,27)(H,30,31). The molecule has 0 spiro atoms. The van der Waals surface area contributed by atoms with Crippen molar-refractivity contribution in [2.24, 2.45) is 0 Å². The molecule has 7 nitrogen and oxygen atoms in total. The second-order valence-corrected chi connectivity index (χ2v) is 7.99. The monoisotopic (exact) mass is 438 g/mol. The van der Waals surface area contributed by atoms with E-state index in [2.05, 4.69) is 22.5 Å². The smallest absolute Gasteiger partial charge is 0.305 e. The van der Waals surface area contributed by atoms with Gasteiger partial charge in [-0.05, 0) is 67.5 Å². The number of aryl methyl sites for hydroxylation is 3. The highest BCUT2D eigenvalue weighted by Gasteiger charge is 2.20. The van der Waals surface area contributed by atoms with Crippen molar-refractivity contribution in [1.29, 1.82) is 0 Å². The normalized spacial score (nSPS) is 13.8. The summed E-state index contributed by atoms with van der Waals surface area (Å²) in [6.45, 7) is 0.969. The zero-order valence-electron chi connectivity index (χ0n) is 18.1. The Morgan fingerprint density at radius 2 is 2.09 bits per heavy atom. The molecule has 1 unspecified atom stereocenters. The maximum Gasteiger partial charge on any atom is 0.305 e. The van der Waals surface area contributed by atoms with Gasteiger partial charge in [0.25, 0.3) is 0 Å². The third-order valence-electron chi connectivity index (χ3n) is 5.73. The number of hydrogen-bond acceptors (Lipinski definition) is 5. The lowest BCUT2D eigenvalue weighted by Crippen LogP contribution is -2.16. The van der Waals surface area contributed by atoms with Crippen LogP contribution < -0.4 is 10.1 Å². The molecule has 0 aliphatic carbocycles. The lowest BCUT2D eigenvalue weighted by Gasteiger charge is -2.17. The fourth-order valence-electron chi connectivity index (χ4n) is 4.06. The van der Waals surface area contributed by atoms with Gasteiger partial charge in [-0.1, -0.05) is 12.1 Å². The Morgan fingerprint density at radius 1 is 1.25 bits per heavy atom. The van der Waals surface area contributed by atoms with E-state index >= 15 is 0 Å². The fraction of sp³-hybridized carbons (Fsp3) is 0.375. The van der Waals surface area contributed by atoms with Gasteiger partial charge >= 0.3 is 5.97 Å². The van der Waals surface area contributed by atoms with Crippen molar-refractivity contribution < 1.29 is 19.0 Å². The summed E-state index contributed by atoms with van der Waals surface area (Å²) < 4.78 is 20.8. The minimum Gasteiger partial charge on any atom is -0.494 e. The zero-order valence-corrected chi connectivity index (χ0v) is 18.1. The van der Waals surface area contributed by atoms with Gasteiger partial charge in [0.05, 0.1) is 25.3 Å². The number of aliphatic carboxylic acids is 1. The molecule has 32 heavy (non-hydrogen) atoms. The quantitative estimate of drug-likeness (QED) is 0.525. The predicted molar refractivity (Wildman–Crippen MR) is 119 cm³/mol. The van der Waals surface area contributed by atoms with Gasteiger partial charge in [-0.3, -0.25) is 9.48 Å². The number of aromatic nitrogens is 3. The number of anilines is 1. The summed E-state index contributed by atoms with van der Waals surface area (Å²) >= 11 is 0. The Labute approximate surface area is 186 Å². The Morgan fingerprint density at radius 3 is 2.88 bits per heavy atom. The van der Waals surface area contributed by atoms with E-state index in [9.17, 15) is 14.3 Å². The van der Waals surface area contributed by atoms with Crippen LogP contribution in [0.2, 0.25) is 0 Å². The van der Waals surface area contributed by atoms with Gasteiger partial charge < -0.3 is 15.2 Å². The molecule has 0 saturated carbocycles. The fourth-order valence-corrected chi connectivity index (χ4v) is 4.06. The Balaban J connectivity index is 1.42. The zero-order chi connectivity index (χ0) is 22.5. The second kappa shape index (κ2) is 9.80. The van der Waals surface area contributed by atoms with Crippen LogP contribution in [0.3, 0.4) is 0 Å². The van der Waals surface area contributed by atoms with Crippen molar-refractivity contribution in [3.63, 3.8) is 0 Å². The van der Waals surface area contributed by atoms with Gasteiger partial charge in [-0.25, -0.2) is 9.37 Å². The summed E-state index contributed by atoms with van der Waals surface area (Å²) in [6, 6.07) is 10.0. The third kappa shape index (κ3) is 5.07. The molecular weight excluding hydrogens is 411 g/mol. The van der Waals surface area contributed by atoms with Crippen molar-refractivity contribution in [3.8, 4) is 5.75 Å². The van der Waals surface area contributed by atoms with Gasteiger partial charge in [0.1, 0.15) is 5.82 Å². The number of carbonyl (C=O) groups is 1. The van der Waals surface area contributed by atoms with Crippen LogP contribution in [0.4, 0.5) is 10.2 Å². The summed E-state index contributed by atoms with van der Waals surface area (Å²) in [7, 11) is 1.39. The minimum atomic E-state index is -0.977. The maximum absolute atomic E-state index is 14.2. The number of ether oxygens (including phenoxy) is 1. The van der Waals surface area contributed by atoms with Crippen LogP contribution in [-0.2, 0) is 24.1 Å². The maximum atomic E-state index is 14.2. The number of halogens is 1. The molecule has 0 amide bonds. The average Bonchev–Trinajstić information content (AvgIpc) is 3.26. The van der Waals surface area contributed by atoms with Crippen LogP contribution in [0.25, 0.3) is 0 Å². The van der Waals surface area contributed by atoms with Crippen molar-refractivity contribution in [2.75, 3.05) is 19.0 Å². The highest BCUT2D eigenvalue weighted by Crippen LogP contribution is 2.27. The molecule has 168 valence electrons. The number of hydrogen-bond donors (Lipinski definition) is 2. The highest BCUT2D eigenvalue weighted by molar-refractivity contribution is 5.68. The molecular formula is C24H27FN4O3. The summed E-state index contributed by atoms with van der Waals surface area (Å²) in [4.78, 5) is 16.2. The van der Waals surface area contributed by atoms with E-state index in [-0.39, 0.29) is 12.2 Å². The molecule has 2 aromatic heterocycles. The Kier molecular flexibility index (Phi) is 6.68. The highest BCUT2D eigenvalue weighted by atomic mass is 19.1. The number of nitrogens with zero attached hydrogens (tertiary/aromatic N) is 3. The van der Waals surface area contributed by atoms with Crippen molar-refractivity contribution in [2.45, 2.75) is 44.6 Å². The number of carboxylic acid groups (broad SMARTS) is 1. The van der Waals surface area contributed by atoms with Crippen LogP contribution in [0.1, 0.15) is 47.8 Å². The number of benzene rings is 1. The summed E-state index contributed by atoms with van der Waals surface area (Å²) in [6.07, 6.45) is 6.24. The van der Waals surface area contributed by atoms with Gasteiger partial charge in [-0.2, -0.15) is 5.10 Å². The molecule has 1 aliphatic heterocycles. The second-order valence-electron chi connectivity index (χ2n) is 7.99. The van der Waals surface area contributed by atoms with Crippen molar-refractivity contribution in [3.05, 3.63) is 70.9 Å². The average molecular weight is 439 g/mol. The van der Waals surface area contributed by atoms with E-state index in [1.54, 1.807) is 16.9 Å². The number of pyridine rings is 1. The number of nitrogens with one attached hydrogen (secondary N) is 1. The molecule has 3 aromatic rings. The van der Waals surface area contributed by atoms with E-state index in [1.165, 1.54) is 24.8 Å². The molecule has 0 fully saturated rings. The largest absolute Gasteiger partial charge is 0.494 e. The minimum absolute atomic E-state index is 0.120.